The summed E-state index contributed by atoms with van der Waals surface area (Å²) >= 11 is 0. The number of methoxy groups -OCH3 is 1. The number of carbonyl (C=O) groups is 1. The number of benzene rings is 1. The molecule has 1 atom stereocenters. The van der Waals surface area contributed by atoms with Gasteiger partial charge in [-0.2, -0.15) is 0 Å². The third-order valence-corrected chi connectivity index (χ3v) is 3.28. The number of esters is 1. The maximum Gasteiger partial charge on any atom is 0.306 e. The minimum absolute atomic E-state index is 0.00101. The SMILES string of the molecule is COC(=O)C[C@@H](c1ccc(O)cc1)c1oc(C)cc(=O)c1O. The van der Waals surface area contributed by atoms with Crippen molar-refractivity contribution in [2.75, 3.05) is 7.11 Å². The van der Waals surface area contributed by atoms with E-state index in [1.54, 1.807) is 19.1 Å². The molecular formula is C16H16O6. The summed E-state index contributed by atoms with van der Waals surface area (Å²) in [6.45, 7) is 1.58. The molecule has 2 aromatic rings. The van der Waals surface area contributed by atoms with Crippen LogP contribution in [0, 0.1) is 6.92 Å². The summed E-state index contributed by atoms with van der Waals surface area (Å²) in [5.41, 5.74) is 0.0274. The normalized spacial score (nSPS) is 11.9. The molecule has 0 saturated heterocycles. The molecule has 1 heterocycles. The van der Waals surface area contributed by atoms with E-state index >= 15 is 0 Å². The second-order valence-corrected chi connectivity index (χ2v) is 4.86. The van der Waals surface area contributed by atoms with E-state index in [4.69, 9.17) is 4.42 Å². The minimum Gasteiger partial charge on any atom is -0.508 e. The van der Waals surface area contributed by atoms with E-state index in [0.29, 0.717) is 11.3 Å². The van der Waals surface area contributed by atoms with Gasteiger partial charge in [0.2, 0.25) is 11.2 Å². The maximum absolute atomic E-state index is 11.7. The molecule has 0 aliphatic heterocycles. The van der Waals surface area contributed by atoms with E-state index in [-0.39, 0.29) is 17.9 Å². The summed E-state index contributed by atoms with van der Waals surface area (Å²) in [5, 5.41) is 19.4. The highest BCUT2D eigenvalue weighted by Gasteiger charge is 2.26. The van der Waals surface area contributed by atoms with Gasteiger partial charge in [-0.05, 0) is 24.6 Å². The zero-order chi connectivity index (χ0) is 16.3. The van der Waals surface area contributed by atoms with Gasteiger partial charge in [-0.25, -0.2) is 0 Å². The Hall–Kier alpha value is -2.76. The van der Waals surface area contributed by atoms with Crippen molar-refractivity contribution in [2.45, 2.75) is 19.3 Å². The van der Waals surface area contributed by atoms with Crippen LogP contribution in [0.3, 0.4) is 0 Å². The van der Waals surface area contributed by atoms with E-state index in [1.165, 1.54) is 25.3 Å². The van der Waals surface area contributed by atoms with E-state index in [9.17, 15) is 19.8 Å². The van der Waals surface area contributed by atoms with E-state index in [2.05, 4.69) is 4.74 Å². The molecule has 2 rings (SSSR count). The number of rotatable bonds is 4. The van der Waals surface area contributed by atoms with Gasteiger partial charge in [-0.3, -0.25) is 9.59 Å². The summed E-state index contributed by atoms with van der Waals surface area (Å²) in [6, 6.07) is 7.25. The molecular weight excluding hydrogens is 288 g/mol. The first-order valence-corrected chi connectivity index (χ1v) is 6.61. The smallest absolute Gasteiger partial charge is 0.306 e. The number of aromatic hydroxyl groups is 2. The van der Waals surface area contributed by atoms with Crippen LogP contribution in [-0.4, -0.2) is 23.3 Å². The largest absolute Gasteiger partial charge is 0.508 e. The number of hydrogen-bond acceptors (Lipinski definition) is 6. The molecule has 0 aliphatic rings. The number of phenolic OH excluding ortho intramolecular Hbond substituents is 1. The molecule has 0 saturated carbocycles. The van der Waals surface area contributed by atoms with Crippen molar-refractivity contribution in [2.24, 2.45) is 0 Å². The van der Waals surface area contributed by atoms with Gasteiger partial charge < -0.3 is 19.4 Å². The summed E-state index contributed by atoms with van der Waals surface area (Å²) in [4.78, 5) is 23.4. The van der Waals surface area contributed by atoms with Crippen LogP contribution < -0.4 is 5.43 Å². The zero-order valence-electron chi connectivity index (χ0n) is 12.2. The molecule has 6 nitrogen and oxygen atoms in total. The van der Waals surface area contributed by atoms with Gasteiger partial charge in [-0.15, -0.1) is 0 Å². The van der Waals surface area contributed by atoms with E-state index < -0.39 is 23.1 Å². The highest BCUT2D eigenvalue weighted by molar-refractivity contribution is 5.71. The Morgan fingerprint density at radius 1 is 1.27 bits per heavy atom. The van der Waals surface area contributed by atoms with Gasteiger partial charge in [0, 0.05) is 6.07 Å². The lowest BCUT2D eigenvalue weighted by molar-refractivity contribution is -0.140. The van der Waals surface area contributed by atoms with Crippen LogP contribution in [0.15, 0.2) is 39.5 Å². The van der Waals surface area contributed by atoms with Crippen molar-refractivity contribution < 1.29 is 24.2 Å². The summed E-state index contributed by atoms with van der Waals surface area (Å²) in [5.74, 6) is -1.35. The molecule has 2 N–H and O–H groups in total. The minimum atomic E-state index is -0.694. The Bertz CT molecular complexity index is 729. The zero-order valence-corrected chi connectivity index (χ0v) is 12.2. The van der Waals surface area contributed by atoms with Crippen molar-refractivity contribution >= 4 is 5.97 Å². The lowest BCUT2D eigenvalue weighted by Crippen LogP contribution is -2.13. The molecule has 1 aromatic heterocycles. The fraction of sp³-hybridized carbons (Fsp3) is 0.250. The van der Waals surface area contributed by atoms with Gasteiger partial charge in [0.05, 0.1) is 19.4 Å². The number of carbonyl (C=O) groups excluding carboxylic acids is 1. The predicted molar refractivity (Wildman–Crippen MR) is 78.0 cm³/mol. The first-order valence-electron chi connectivity index (χ1n) is 6.61. The van der Waals surface area contributed by atoms with Gasteiger partial charge in [0.15, 0.2) is 5.76 Å². The molecule has 1 aromatic carbocycles. The second-order valence-electron chi connectivity index (χ2n) is 4.86. The third-order valence-electron chi connectivity index (χ3n) is 3.28. The average Bonchev–Trinajstić information content (AvgIpc) is 2.49. The van der Waals surface area contributed by atoms with Gasteiger partial charge in [-0.1, -0.05) is 12.1 Å². The molecule has 0 radical (unpaired) electrons. The standard InChI is InChI=1S/C16H16O6/c1-9-7-13(18)15(20)16(22-9)12(8-14(19)21-2)10-3-5-11(17)6-4-10/h3-7,12,17,20H,8H2,1-2H3/t12-/m0/s1. The fourth-order valence-electron chi connectivity index (χ4n) is 2.18. The lowest BCUT2D eigenvalue weighted by atomic mass is 9.92. The second kappa shape index (κ2) is 6.34. The van der Waals surface area contributed by atoms with E-state index in [0.717, 1.165) is 0 Å². The van der Waals surface area contributed by atoms with E-state index in [1.807, 2.05) is 0 Å². The number of hydrogen-bond donors (Lipinski definition) is 2. The predicted octanol–water partition coefficient (Wildman–Crippen LogP) is 2.05. The first kappa shape index (κ1) is 15.6. The molecule has 0 amide bonds. The molecule has 6 heteroatoms. The Morgan fingerprint density at radius 2 is 1.91 bits per heavy atom. The fourth-order valence-corrected chi connectivity index (χ4v) is 2.18. The summed E-state index contributed by atoms with van der Waals surface area (Å²) < 4.78 is 10.1. The molecule has 116 valence electrons. The van der Waals surface area contributed by atoms with Crippen molar-refractivity contribution in [1.82, 2.24) is 0 Å². The highest BCUT2D eigenvalue weighted by atomic mass is 16.5. The van der Waals surface area contributed by atoms with Gasteiger partial charge in [0.25, 0.3) is 0 Å². The maximum atomic E-state index is 11.7. The molecule has 0 fully saturated rings. The molecule has 22 heavy (non-hydrogen) atoms. The van der Waals surface area contributed by atoms with Crippen LogP contribution in [0.4, 0.5) is 0 Å². The van der Waals surface area contributed by atoms with Crippen LogP contribution in [0.5, 0.6) is 11.5 Å². The van der Waals surface area contributed by atoms with Crippen LogP contribution in [-0.2, 0) is 9.53 Å². The van der Waals surface area contributed by atoms with Crippen LogP contribution in [0.2, 0.25) is 0 Å². The topological polar surface area (TPSA) is 97.0 Å². The molecule has 0 aliphatic carbocycles. The van der Waals surface area contributed by atoms with Crippen molar-refractivity contribution in [1.29, 1.82) is 0 Å². The molecule has 0 bridgehead atoms. The van der Waals surface area contributed by atoms with Crippen molar-refractivity contribution in [3.8, 4) is 11.5 Å². The number of aryl methyl sites for hydroxylation is 1. The van der Waals surface area contributed by atoms with Crippen LogP contribution >= 0.6 is 0 Å². The molecule has 0 unspecified atom stereocenters. The monoisotopic (exact) mass is 304 g/mol. The van der Waals surface area contributed by atoms with Gasteiger partial charge in [0.1, 0.15) is 11.5 Å². The number of phenols is 1. The lowest BCUT2D eigenvalue weighted by Gasteiger charge is -2.17. The summed E-state index contributed by atoms with van der Waals surface area (Å²) in [6.07, 6.45) is -0.110. The Balaban J connectivity index is 2.56. The number of ether oxygens (including phenoxy) is 1. The highest BCUT2D eigenvalue weighted by Crippen LogP contribution is 2.33. The van der Waals surface area contributed by atoms with Crippen molar-refractivity contribution in [3.63, 3.8) is 0 Å². The molecule has 0 spiro atoms. The van der Waals surface area contributed by atoms with Crippen LogP contribution in [0.25, 0.3) is 0 Å². The first-order chi connectivity index (χ1) is 10.4. The Morgan fingerprint density at radius 3 is 2.50 bits per heavy atom. The van der Waals surface area contributed by atoms with Gasteiger partial charge >= 0.3 is 5.97 Å². The Labute approximate surface area is 126 Å². The average molecular weight is 304 g/mol. The third kappa shape index (κ3) is 3.28. The Kier molecular flexibility index (Phi) is 4.50. The van der Waals surface area contributed by atoms with Crippen LogP contribution in [0.1, 0.15) is 29.4 Å². The quantitative estimate of drug-likeness (QED) is 0.839. The van der Waals surface area contributed by atoms with Crippen molar-refractivity contribution in [3.05, 3.63) is 57.6 Å². The summed E-state index contributed by atoms with van der Waals surface area (Å²) in [7, 11) is 1.25.